The highest BCUT2D eigenvalue weighted by atomic mass is 32.2. The van der Waals surface area contributed by atoms with Crippen molar-refractivity contribution in [3.05, 3.63) is 65.0 Å². The molecule has 0 spiro atoms. The number of hydrogen-bond acceptors (Lipinski definition) is 6. The van der Waals surface area contributed by atoms with Gasteiger partial charge in [0.1, 0.15) is 17.4 Å². The highest BCUT2D eigenvalue weighted by Crippen LogP contribution is 2.29. The highest BCUT2D eigenvalue weighted by molar-refractivity contribution is 7.98. The van der Waals surface area contributed by atoms with Crippen LogP contribution in [-0.4, -0.2) is 41.1 Å². The number of rotatable bonds is 9. The lowest BCUT2D eigenvalue weighted by Gasteiger charge is -2.19. The number of carboxylic acid groups (broad SMARTS) is 1. The molecule has 31 heavy (non-hydrogen) atoms. The Morgan fingerprint density at radius 2 is 1.90 bits per heavy atom. The van der Waals surface area contributed by atoms with Crippen LogP contribution in [0.3, 0.4) is 0 Å². The molecule has 0 aliphatic heterocycles. The molecule has 0 saturated heterocycles. The number of benzene rings is 2. The van der Waals surface area contributed by atoms with Gasteiger partial charge in [0.25, 0.3) is 5.91 Å². The zero-order chi connectivity index (χ0) is 22.4. The molecular weight excluding hydrogens is 418 g/mol. The molecule has 0 fully saturated rings. The molecule has 0 aliphatic rings. The number of carbonyl (C=O) groups is 2. The maximum atomic E-state index is 12.4. The topological polar surface area (TPSA) is 106 Å². The number of carbonyl (C=O) groups excluding carboxylic acids is 1. The number of amides is 1. The summed E-state index contributed by atoms with van der Waals surface area (Å²) in [5.41, 5.74) is 1.46. The lowest BCUT2D eigenvalue weighted by molar-refractivity contribution is -0.142. The van der Waals surface area contributed by atoms with E-state index in [2.05, 4.69) is 5.32 Å². The van der Waals surface area contributed by atoms with Crippen LogP contribution in [0.5, 0.6) is 5.75 Å². The van der Waals surface area contributed by atoms with Crippen molar-refractivity contribution in [3.63, 3.8) is 0 Å². The fourth-order valence-corrected chi connectivity index (χ4v) is 3.58. The average Bonchev–Trinajstić information content (AvgIpc) is 2.76. The van der Waals surface area contributed by atoms with Gasteiger partial charge >= 0.3 is 11.6 Å². The Kier molecular flexibility index (Phi) is 7.36. The summed E-state index contributed by atoms with van der Waals surface area (Å²) in [4.78, 5) is 35.8. The van der Waals surface area contributed by atoms with Crippen molar-refractivity contribution in [2.24, 2.45) is 0 Å². The van der Waals surface area contributed by atoms with E-state index in [0.717, 1.165) is 16.5 Å². The molecule has 2 atom stereocenters. The lowest BCUT2D eigenvalue weighted by atomic mass is 10.0. The summed E-state index contributed by atoms with van der Waals surface area (Å²) in [6.07, 6.45) is 1.25. The molecule has 1 aromatic heterocycles. The van der Waals surface area contributed by atoms with Gasteiger partial charge in [-0.15, -0.1) is 0 Å². The highest BCUT2D eigenvalue weighted by Gasteiger charge is 2.23. The van der Waals surface area contributed by atoms with E-state index in [1.54, 1.807) is 18.2 Å². The number of nitrogens with one attached hydrogen (secondary N) is 1. The summed E-state index contributed by atoms with van der Waals surface area (Å²) in [5, 5.41) is 12.5. The second kappa shape index (κ2) is 10.2. The monoisotopic (exact) mass is 441 g/mol. The number of carboxylic acids is 1. The number of thioether (sulfide) groups is 1. The Morgan fingerprint density at radius 3 is 2.58 bits per heavy atom. The second-order valence-electron chi connectivity index (χ2n) is 6.94. The van der Waals surface area contributed by atoms with Gasteiger partial charge in [0.05, 0.1) is 0 Å². The number of hydrogen-bond donors (Lipinski definition) is 2. The Labute approximate surface area is 183 Å². The van der Waals surface area contributed by atoms with Crippen LogP contribution in [-0.2, 0) is 9.59 Å². The van der Waals surface area contributed by atoms with E-state index in [0.29, 0.717) is 23.5 Å². The summed E-state index contributed by atoms with van der Waals surface area (Å²) < 4.78 is 11.0. The smallest absolute Gasteiger partial charge is 0.336 e. The fraction of sp³-hybridized carbons (Fsp3) is 0.261. The van der Waals surface area contributed by atoms with Crippen molar-refractivity contribution in [1.29, 1.82) is 0 Å². The molecule has 1 amide bonds. The van der Waals surface area contributed by atoms with E-state index in [1.807, 2.05) is 36.6 Å². The molecule has 3 aromatic rings. The predicted molar refractivity (Wildman–Crippen MR) is 121 cm³/mol. The maximum Gasteiger partial charge on any atom is 0.336 e. The van der Waals surface area contributed by atoms with Crippen LogP contribution < -0.4 is 15.7 Å². The molecule has 1 unspecified atom stereocenters. The van der Waals surface area contributed by atoms with Crippen molar-refractivity contribution in [3.8, 4) is 16.9 Å². The Balaban J connectivity index is 1.80. The van der Waals surface area contributed by atoms with Crippen molar-refractivity contribution >= 4 is 34.6 Å². The van der Waals surface area contributed by atoms with Gasteiger partial charge in [-0.3, -0.25) is 4.79 Å². The maximum absolute atomic E-state index is 12.4. The first-order chi connectivity index (χ1) is 14.9. The lowest BCUT2D eigenvalue weighted by Crippen LogP contribution is -2.46. The molecule has 0 saturated carbocycles. The summed E-state index contributed by atoms with van der Waals surface area (Å²) in [6.45, 7) is 1.53. The van der Waals surface area contributed by atoms with Crippen LogP contribution in [0, 0.1) is 0 Å². The number of fused-ring (bicyclic) bond motifs is 1. The van der Waals surface area contributed by atoms with Gasteiger partial charge in [0, 0.05) is 17.5 Å². The minimum Gasteiger partial charge on any atom is -0.481 e. The standard InChI is InChI=1S/C23H23NO6S/c1-14(22(26)24-19(23(27)28)10-11-31-2)29-16-8-9-17-18(15-6-4-3-5-7-15)13-21(25)30-20(17)12-16/h3-9,12-14,19H,10-11H2,1-2H3,(H,24,26)(H,27,28)/t14?,19-/m1/s1. The van der Waals surface area contributed by atoms with Gasteiger partial charge in [-0.25, -0.2) is 9.59 Å². The minimum absolute atomic E-state index is 0.318. The normalized spacial score (nSPS) is 12.8. The van der Waals surface area contributed by atoms with Crippen LogP contribution in [0.2, 0.25) is 0 Å². The molecule has 1 heterocycles. The molecular formula is C23H23NO6S. The summed E-state index contributed by atoms with van der Waals surface area (Å²) in [5.74, 6) is -0.678. The van der Waals surface area contributed by atoms with E-state index in [9.17, 15) is 19.5 Å². The van der Waals surface area contributed by atoms with Crippen LogP contribution >= 0.6 is 11.8 Å². The first-order valence-electron chi connectivity index (χ1n) is 9.71. The quantitative estimate of drug-likeness (QED) is 0.489. The molecule has 2 N–H and O–H groups in total. The van der Waals surface area contributed by atoms with E-state index >= 15 is 0 Å². The van der Waals surface area contributed by atoms with Crippen LogP contribution in [0.15, 0.2) is 63.8 Å². The number of ether oxygens (including phenoxy) is 1. The summed E-state index contributed by atoms with van der Waals surface area (Å²) in [6, 6.07) is 14.9. The van der Waals surface area contributed by atoms with Gasteiger partial charge in [-0.2, -0.15) is 11.8 Å². The zero-order valence-corrected chi connectivity index (χ0v) is 18.0. The molecule has 0 radical (unpaired) electrons. The third-order valence-corrected chi connectivity index (χ3v) is 5.35. The van der Waals surface area contributed by atoms with E-state index < -0.39 is 29.6 Å². The van der Waals surface area contributed by atoms with Gasteiger partial charge in [0.2, 0.25) is 0 Å². The number of aliphatic carboxylic acids is 1. The molecule has 2 aromatic carbocycles. The Morgan fingerprint density at radius 1 is 1.16 bits per heavy atom. The van der Waals surface area contributed by atoms with Crippen LogP contribution in [0.4, 0.5) is 0 Å². The first-order valence-corrected chi connectivity index (χ1v) is 11.1. The Bertz CT molecular complexity index is 1130. The van der Waals surface area contributed by atoms with Crippen molar-refractivity contribution in [2.75, 3.05) is 12.0 Å². The predicted octanol–water partition coefficient (Wildman–Crippen LogP) is 3.55. The second-order valence-corrected chi connectivity index (χ2v) is 7.93. The van der Waals surface area contributed by atoms with Crippen molar-refractivity contribution < 1.29 is 23.8 Å². The minimum atomic E-state index is -1.09. The van der Waals surface area contributed by atoms with Gasteiger partial charge in [-0.05, 0) is 48.6 Å². The molecule has 0 aliphatic carbocycles. The molecule has 3 rings (SSSR count). The van der Waals surface area contributed by atoms with Gasteiger partial charge in [0.15, 0.2) is 6.10 Å². The summed E-state index contributed by atoms with van der Waals surface area (Å²) in [7, 11) is 0. The van der Waals surface area contributed by atoms with E-state index in [1.165, 1.54) is 24.8 Å². The average molecular weight is 442 g/mol. The molecule has 162 valence electrons. The molecule has 7 nitrogen and oxygen atoms in total. The fourth-order valence-electron chi connectivity index (χ4n) is 3.11. The Hall–Kier alpha value is -3.26. The van der Waals surface area contributed by atoms with Crippen molar-refractivity contribution in [1.82, 2.24) is 5.32 Å². The first kappa shape index (κ1) is 22.4. The van der Waals surface area contributed by atoms with E-state index in [4.69, 9.17) is 9.15 Å². The van der Waals surface area contributed by atoms with Crippen LogP contribution in [0.1, 0.15) is 13.3 Å². The zero-order valence-electron chi connectivity index (χ0n) is 17.2. The molecule has 8 heteroatoms. The van der Waals surface area contributed by atoms with Crippen LogP contribution in [0.25, 0.3) is 22.1 Å². The third-order valence-electron chi connectivity index (χ3n) is 4.71. The summed E-state index contributed by atoms with van der Waals surface area (Å²) >= 11 is 1.51. The van der Waals surface area contributed by atoms with Gasteiger partial charge in [-0.1, -0.05) is 30.3 Å². The SMILES string of the molecule is CSCC[C@@H](NC(=O)C(C)Oc1ccc2c(-c3ccccc3)cc(=O)oc2c1)C(=O)O. The van der Waals surface area contributed by atoms with Crippen molar-refractivity contribution in [2.45, 2.75) is 25.5 Å². The third kappa shape index (κ3) is 5.67. The largest absolute Gasteiger partial charge is 0.481 e. The van der Waals surface area contributed by atoms with Gasteiger partial charge < -0.3 is 19.6 Å². The molecule has 0 bridgehead atoms. The van der Waals surface area contributed by atoms with E-state index in [-0.39, 0.29) is 0 Å².